The molecule has 1 aliphatic rings. The summed E-state index contributed by atoms with van der Waals surface area (Å²) in [6.07, 6.45) is 3.66. The van der Waals surface area contributed by atoms with Gasteiger partial charge in [0.05, 0.1) is 10.6 Å². The lowest BCUT2D eigenvalue weighted by atomic mass is 9.99. The van der Waals surface area contributed by atoms with E-state index in [0.717, 1.165) is 42.1 Å². The normalized spacial score (nSPS) is 15.3. The fraction of sp³-hybridized carbons (Fsp3) is 0.267. The van der Waals surface area contributed by atoms with Crippen molar-refractivity contribution < 1.29 is 9.21 Å². The molecule has 9 heteroatoms. The van der Waals surface area contributed by atoms with Gasteiger partial charge in [-0.05, 0) is 55.0 Å². The van der Waals surface area contributed by atoms with Gasteiger partial charge in [-0.3, -0.25) is 14.6 Å². The van der Waals surface area contributed by atoms with E-state index in [2.05, 4.69) is 52.4 Å². The first-order valence-corrected chi connectivity index (χ1v) is 14.1. The number of likely N-dealkylation sites (tertiary alicyclic amines) is 1. The summed E-state index contributed by atoms with van der Waals surface area (Å²) < 4.78 is 7.40. The van der Waals surface area contributed by atoms with Gasteiger partial charge in [0.2, 0.25) is 11.8 Å². The Morgan fingerprint density at radius 3 is 2.56 bits per heavy atom. The topological polar surface area (TPSA) is 80.3 Å². The molecule has 198 valence electrons. The molecule has 1 aliphatic heterocycles. The van der Waals surface area contributed by atoms with Crippen molar-refractivity contribution in [3.8, 4) is 17.1 Å². The highest BCUT2D eigenvalue weighted by molar-refractivity contribution is 7.12. The number of benzene rings is 2. The molecule has 1 unspecified atom stereocenters. The largest absolute Gasteiger partial charge is 0.421 e. The molecule has 0 radical (unpaired) electrons. The van der Waals surface area contributed by atoms with Crippen molar-refractivity contribution in [1.82, 2.24) is 24.9 Å². The highest BCUT2D eigenvalue weighted by atomic mass is 32.1. The van der Waals surface area contributed by atoms with Gasteiger partial charge >= 0.3 is 0 Å². The number of aryl methyl sites for hydroxylation is 1. The van der Waals surface area contributed by atoms with E-state index in [4.69, 9.17) is 9.52 Å². The van der Waals surface area contributed by atoms with E-state index in [0.29, 0.717) is 23.6 Å². The average Bonchev–Trinajstić information content (AvgIpc) is 3.77. The summed E-state index contributed by atoms with van der Waals surface area (Å²) >= 11 is 1.47. The molecule has 4 heterocycles. The fourth-order valence-electron chi connectivity index (χ4n) is 5.23. The van der Waals surface area contributed by atoms with Crippen molar-refractivity contribution in [3.63, 3.8) is 0 Å². The lowest BCUT2D eigenvalue weighted by Gasteiger charge is -2.40. The van der Waals surface area contributed by atoms with Gasteiger partial charge in [0.15, 0.2) is 5.82 Å². The van der Waals surface area contributed by atoms with Gasteiger partial charge in [-0.15, -0.1) is 26.6 Å². The third-order valence-electron chi connectivity index (χ3n) is 7.35. The Balaban J connectivity index is 1.25. The molecule has 3 aromatic heterocycles. The molecule has 1 fully saturated rings. The molecular formula is C30H30N6O2S. The van der Waals surface area contributed by atoms with Crippen LogP contribution in [0, 0.1) is 6.92 Å². The molecule has 2 aromatic carbocycles. The minimum absolute atomic E-state index is 0.0000984. The first-order chi connectivity index (χ1) is 19.1. The SMILES string of the molecule is Cc1nnc(-c2cccc(-n3ccc(N(C(=O)c4cccs4)C4CCN(C(C)c5ccccc5)CC4)n3)c2)o1. The Kier molecular flexibility index (Phi) is 7.08. The van der Waals surface area contributed by atoms with E-state index < -0.39 is 0 Å². The first kappa shape index (κ1) is 25.2. The number of aromatic nitrogens is 4. The number of anilines is 1. The number of hydrogen-bond acceptors (Lipinski definition) is 7. The van der Waals surface area contributed by atoms with Gasteiger partial charge in [0.1, 0.15) is 0 Å². The third-order valence-corrected chi connectivity index (χ3v) is 8.21. The summed E-state index contributed by atoms with van der Waals surface area (Å²) in [5.74, 6) is 1.64. The number of nitrogens with zero attached hydrogens (tertiary/aromatic N) is 6. The van der Waals surface area contributed by atoms with Gasteiger partial charge in [-0.25, -0.2) is 4.68 Å². The van der Waals surface area contributed by atoms with Crippen molar-refractivity contribution in [1.29, 1.82) is 0 Å². The molecule has 1 atom stereocenters. The third kappa shape index (κ3) is 5.28. The number of amides is 1. The molecule has 0 bridgehead atoms. The van der Waals surface area contributed by atoms with Gasteiger partial charge in [0, 0.05) is 49.9 Å². The van der Waals surface area contributed by atoms with E-state index in [1.165, 1.54) is 16.9 Å². The van der Waals surface area contributed by atoms with Gasteiger partial charge < -0.3 is 4.42 Å². The summed E-state index contributed by atoms with van der Waals surface area (Å²) in [7, 11) is 0. The Morgan fingerprint density at radius 2 is 1.85 bits per heavy atom. The minimum Gasteiger partial charge on any atom is -0.421 e. The van der Waals surface area contributed by atoms with Crippen LogP contribution in [0.2, 0.25) is 0 Å². The molecule has 0 N–H and O–H groups in total. The van der Waals surface area contributed by atoms with E-state index >= 15 is 0 Å². The Morgan fingerprint density at radius 1 is 1.03 bits per heavy atom. The minimum atomic E-state index is -0.0000984. The smallest absolute Gasteiger partial charge is 0.269 e. The maximum absolute atomic E-state index is 13.8. The van der Waals surface area contributed by atoms with Gasteiger partial charge in [0.25, 0.3) is 5.91 Å². The summed E-state index contributed by atoms with van der Waals surface area (Å²) in [4.78, 5) is 18.9. The molecule has 39 heavy (non-hydrogen) atoms. The van der Waals surface area contributed by atoms with Gasteiger partial charge in [-0.2, -0.15) is 0 Å². The second kappa shape index (κ2) is 11.0. The zero-order valence-electron chi connectivity index (χ0n) is 22.0. The Bertz CT molecular complexity index is 1540. The van der Waals surface area contributed by atoms with Crippen LogP contribution >= 0.6 is 11.3 Å². The zero-order valence-corrected chi connectivity index (χ0v) is 22.8. The number of piperidine rings is 1. The van der Waals surface area contributed by atoms with Crippen molar-refractivity contribution >= 4 is 23.1 Å². The van der Waals surface area contributed by atoms with E-state index in [9.17, 15) is 4.79 Å². The molecule has 5 aromatic rings. The lowest BCUT2D eigenvalue weighted by molar-refractivity contribution is 0.0952. The zero-order chi connectivity index (χ0) is 26.8. The lowest BCUT2D eigenvalue weighted by Crippen LogP contribution is -2.48. The monoisotopic (exact) mass is 538 g/mol. The number of rotatable bonds is 7. The Hall–Kier alpha value is -4.08. The van der Waals surface area contributed by atoms with Crippen LogP contribution in [0.15, 0.2) is 88.8 Å². The molecular weight excluding hydrogens is 508 g/mol. The van der Waals surface area contributed by atoms with Crippen LogP contribution in [0.1, 0.15) is 46.9 Å². The predicted octanol–water partition coefficient (Wildman–Crippen LogP) is 6.16. The highest BCUT2D eigenvalue weighted by Gasteiger charge is 2.33. The number of thiophene rings is 1. The maximum atomic E-state index is 13.8. The van der Waals surface area contributed by atoms with Crippen LogP contribution in [0.5, 0.6) is 0 Å². The summed E-state index contributed by atoms with van der Waals surface area (Å²) in [5, 5.41) is 14.9. The maximum Gasteiger partial charge on any atom is 0.269 e. The van der Waals surface area contributed by atoms with Crippen molar-refractivity contribution in [3.05, 3.63) is 101 Å². The molecule has 1 amide bonds. The average molecular weight is 539 g/mol. The van der Waals surface area contributed by atoms with Crippen LogP contribution in [0.3, 0.4) is 0 Å². The summed E-state index contributed by atoms with van der Waals surface area (Å²) in [5.41, 5.74) is 2.99. The van der Waals surface area contributed by atoms with E-state index in [-0.39, 0.29) is 11.9 Å². The fourth-order valence-corrected chi connectivity index (χ4v) is 5.89. The molecule has 6 rings (SSSR count). The number of carbonyl (C=O) groups is 1. The van der Waals surface area contributed by atoms with Crippen LogP contribution in [-0.2, 0) is 0 Å². The number of hydrogen-bond donors (Lipinski definition) is 0. The highest BCUT2D eigenvalue weighted by Crippen LogP contribution is 2.30. The predicted molar refractivity (Wildman–Crippen MR) is 152 cm³/mol. The standard InChI is InChI=1S/C30H30N6O2S/c1-21(23-8-4-3-5-9-23)34-16-13-25(14-17-34)36(30(37)27-12-7-19-39-27)28-15-18-35(33-28)26-11-6-10-24(20-26)29-32-31-22(2)38-29/h3-12,15,18-21,25H,13-14,16-17H2,1-2H3. The molecule has 1 saturated heterocycles. The molecule has 8 nitrogen and oxygen atoms in total. The second-order valence-corrected chi connectivity index (χ2v) is 10.7. The van der Waals surface area contributed by atoms with Crippen molar-refractivity contribution in [2.24, 2.45) is 0 Å². The second-order valence-electron chi connectivity index (χ2n) is 9.80. The van der Waals surface area contributed by atoms with Crippen molar-refractivity contribution in [2.45, 2.75) is 38.8 Å². The quantitative estimate of drug-likeness (QED) is 0.247. The molecule has 0 saturated carbocycles. The summed E-state index contributed by atoms with van der Waals surface area (Å²) in [6, 6.07) is 24.5. The van der Waals surface area contributed by atoms with E-state index in [1.54, 1.807) is 11.6 Å². The van der Waals surface area contributed by atoms with Crippen LogP contribution in [0.25, 0.3) is 17.1 Å². The van der Waals surface area contributed by atoms with E-state index in [1.807, 2.05) is 58.9 Å². The van der Waals surface area contributed by atoms with Crippen LogP contribution in [-0.4, -0.2) is 49.9 Å². The molecule has 0 spiro atoms. The van der Waals surface area contributed by atoms with Crippen molar-refractivity contribution in [2.75, 3.05) is 18.0 Å². The molecule has 0 aliphatic carbocycles. The van der Waals surface area contributed by atoms with Crippen LogP contribution < -0.4 is 4.90 Å². The summed E-state index contributed by atoms with van der Waals surface area (Å²) in [6.45, 7) is 5.87. The first-order valence-electron chi connectivity index (χ1n) is 13.2. The Labute approximate surface area is 231 Å². The number of carbonyl (C=O) groups excluding carboxylic acids is 1. The van der Waals surface area contributed by atoms with Gasteiger partial charge in [-0.1, -0.05) is 42.5 Å². The van der Waals surface area contributed by atoms with Crippen LogP contribution in [0.4, 0.5) is 5.82 Å².